The van der Waals surface area contributed by atoms with Gasteiger partial charge >= 0.3 is 0 Å². The molecule has 10 rings (SSSR count). The van der Waals surface area contributed by atoms with Crippen LogP contribution in [0.25, 0.3) is 50.2 Å². The van der Waals surface area contributed by atoms with Crippen LogP contribution in [0.5, 0.6) is 11.5 Å². The van der Waals surface area contributed by atoms with Crippen LogP contribution < -0.4 is 16.0 Å². The van der Waals surface area contributed by atoms with Crippen molar-refractivity contribution in [1.82, 2.24) is 59.9 Å². The fourth-order valence-electron chi connectivity index (χ4n) is 8.70. The SMILES string of the molecule is CCC(C)(C)c1cc(-n2nc3ccccc3n2)c(O)cc1Nc1nc(Nc2cc(C(C)(C)CC)c(-n3nc4ccccc4n3)cc2C)nc(Nc2cc(C(C)(C)CC)c(-n3nc4ccccc4n3)cc2O)n1. The third-order valence-corrected chi connectivity index (χ3v) is 14.3. The standard InChI is InChI=1S/C55H59N15O2/c1-11-53(5,6)33-29-47(70-66-40-24-18-19-25-41(40)67-70)49(72)30-43(33)57-51-59-50(56-42-27-34(54(7,8)12-2)45(26-32(42)4)68-62-36-20-14-15-21-37(36)63-68)60-52(61-51)58-44-28-35(55(9,10)13-3)46(31-48(44)71)69-64-38-22-16-17-23-39(38)65-69/h14-31,71-72H,11-13H2,1-10H3,(H3,56,57,58,59,60,61). The molecule has 0 unspecified atom stereocenters. The number of phenolic OH excluding ortho intramolecular Hbond substituents is 2. The number of rotatable bonds is 15. The molecule has 0 aliphatic heterocycles. The van der Waals surface area contributed by atoms with E-state index in [4.69, 9.17) is 35.3 Å². The molecule has 72 heavy (non-hydrogen) atoms. The quantitative estimate of drug-likeness (QED) is 0.0606. The molecule has 6 aromatic carbocycles. The zero-order valence-corrected chi connectivity index (χ0v) is 42.3. The first-order valence-electron chi connectivity index (χ1n) is 24.4. The Labute approximate surface area is 417 Å². The molecule has 0 radical (unpaired) electrons. The van der Waals surface area contributed by atoms with Gasteiger partial charge in [-0.3, -0.25) is 0 Å². The van der Waals surface area contributed by atoms with Crippen LogP contribution in [-0.4, -0.2) is 70.1 Å². The summed E-state index contributed by atoms with van der Waals surface area (Å²) in [6.07, 6.45) is 2.40. The summed E-state index contributed by atoms with van der Waals surface area (Å²) in [6.45, 7) is 21.4. The Morgan fingerprint density at radius 2 is 0.750 bits per heavy atom. The second kappa shape index (κ2) is 18.0. The van der Waals surface area contributed by atoms with Gasteiger partial charge in [-0.05, 0) is 125 Å². The number of nitrogens with zero attached hydrogens (tertiary/aromatic N) is 12. The normalized spacial score (nSPS) is 12.3. The van der Waals surface area contributed by atoms with E-state index in [2.05, 4.69) is 101 Å². The summed E-state index contributed by atoms with van der Waals surface area (Å²) in [5.74, 6) is 0.428. The number of hydrogen-bond acceptors (Lipinski definition) is 14. The summed E-state index contributed by atoms with van der Waals surface area (Å²) in [4.78, 5) is 19.6. The van der Waals surface area contributed by atoms with Crippen molar-refractivity contribution in [3.8, 4) is 28.6 Å². The van der Waals surface area contributed by atoms with Gasteiger partial charge in [-0.15, -0.1) is 40.2 Å². The molecule has 0 aliphatic carbocycles. The van der Waals surface area contributed by atoms with E-state index in [0.717, 1.165) is 75.0 Å². The summed E-state index contributed by atoms with van der Waals surface area (Å²) in [6, 6.07) is 34.5. The maximum Gasteiger partial charge on any atom is 0.233 e. The zero-order chi connectivity index (χ0) is 50.7. The molecular weight excluding hydrogens is 903 g/mol. The largest absolute Gasteiger partial charge is 0.506 e. The fraction of sp³-hybridized carbons (Fsp3) is 0.291. The van der Waals surface area contributed by atoms with E-state index in [-0.39, 0.29) is 40.2 Å². The van der Waals surface area contributed by atoms with Crippen molar-refractivity contribution in [3.05, 3.63) is 131 Å². The summed E-state index contributed by atoms with van der Waals surface area (Å²) in [5, 5.41) is 62.6. The van der Waals surface area contributed by atoms with Gasteiger partial charge in [-0.25, -0.2) is 0 Å². The lowest BCUT2D eigenvalue weighted by Crippen LogP contribution is -2.20. The molecule has 5 N–H and O–H groups in total. The van der Waals surface area contributed by atoms with Crippen molar-refractivity contribution in [2.75, 3.05) is 16.0 Å². The summed E-state index contributed by atoms with van der Waals surface area (Å²) < 4.78 is 0. The van der Waals surface area contributed by atoms with E-state index in [1.807, 2.05) is 91.9 Å². The van der Waals surface area contributed by atoms with Crippen molar-refractivity contribution in [1.29, 1.82) is 0 Å². The number of benzene rings is 6. The van der Waals surface area contributed by atoms with Crippen molar-refractivity contribution >= 4 is 68.0 Å². The molecule has 17 nitrogen and oxygen atoms in total. The first-order valence-corrected chi connectivity index (χ1v) is 24.4. The van der Waals surface area contributed by atoms with Gasteiger partial charge in [0, 0.05) is 23.5 Å². The second-order valence-corrected chi connectivity index (χ2v) is 20.3. The monoisotopic (exact) mass is 961 g/mol. The molecule has 0 saturated heterocycles. The van der Waals surface area contributed by atoms with Crippen LogP contribution >= 0.6 is 0 Å². The third-order valence-electron chi connectivity index (χ3n) is 14.3. The van der Waals surface area contributed by atoms with Crippen molar-refractivity contribution in [2.45, 2.75) is 105 Å². The smallest absolute Gasteiger partial charge is 0.233 e. The third kappa shape index (κ3) is 8.86. The van der Waals surface area contributed by atoms with Crippen LogP contribution in [0, 0.1) is 6.92 Å². The number of aryl methyl sites for hydroxylation is 1. The highest BCUT2D eigenvalue weighted by Gasteiger charge is 2.29. The highest BCUT2D eigenvalue weighted by molar-refractivity contribution is 5.78. The van der Waals surface area contributed by atoms with E-state index in [1.165, 1.54) is 4.80 Å². The number of aromatic nitrogens is 12. The van der Waals surface area contributed by atoms with Gasteiger partial charge in [-0.2, -0.15) is 19.7 Å². The van der Waals surface area contributed by atoms with E-state index < -0.39 is 5.41 Å². The second-order valence-electron chi connectivity index (χ2n) is 20.3. The van der Waals surface area contributed by atoms with Crippen LogP contribution in [0.1, 0.15) is 104 Å². The molecule has 0 spiro atoms. The molecule has 0 atom stereocenters. The number of hydrogen-bond donors (Lipinski definition) is 5. The summed E-state index contributed by atoms with van der Waals surface area (Å²) in [5.41, 5.74) is 10.9. The van der Waals surface area contributed by atoms with Crippen LogP contribution in [0.3, 0.4) is 0 Å². The molecule has 10 aromatic rings. The molecule has 0 bridgehead atoms. The Morgan fingerprint density at radius 1 is 0.403 bits per heavy atom. The maximum atomic E-state index is 11.9. The van der Waals surface area contributed by atoms with E-state index in [0.29, 0.717) is 33.8 Å². The van der Waals surface area contributed by atoms with Gasteiger partial charge in [0.15, 0.2) is 0 Å². The number of aromatic hydroxyl groups is 2. The highest BCUT2D eigenvalue weighted by atomic mass is 16.3. The van der Waals surface area contributed by atoms with E-state index >= 15 is 0 Å². The Bertz CT molecular complexity index is 3420. The van der Waals surface area contributed by atoms with E-state index in [9.17, 15) is 10.2 Å². The minimum atomic E-state index is -0.394. The Morgan fingerprint density at radius 3 is 1.17 bits per heavy atom. The van der Waals surface area contributed by atoms with Gasteiger partial charge in [0.2, 0.25) is 17.8 Å². The average Bonchev–Trinajstić information content (AvgIpc) is 4.12. The number of nitrogens with one attached hydrogen (secondary N) is 3. The molecule has 0 aliphatic rings. The van der Waals surface area contributed by atoms with Crippen LogP contribution in [-0.2, 0) is 16.2 Å². The molecule has 17 heteroatoms. The molecule has 366 valence electrons. The summed E-state index contributed by atoms with van der Waals surface area (Å²) in [7, 11) is 0. The van der Waals surface area contributed by atoms with Gasteiger partial charge in [-0.1, -0.05) is 98.7 Å². The zero-order valence-electron chi connectivity index (χ0n) is 42.3. The van der Waals surface area contributed by atoms with Crippen LogP contribution in [0.4, 0.5) is 34.9 Å². The Kier molecular flexibility index (Phi) is 11.8. The maximum absolute atomic E-state index is 11.9. The first kappa shape index (κ1) is 47.2. The predicted octanol–water partition coefficient (Wildman–Crippen LogP) is 12.1. The lowest BCUT2D eigenvalue weighted by Gasteiger charge is -2.28. The minimum Gasteiger partial charge on any atom is -0.506 e. The predicted molar refractivity (Wildman–Crippen MR) is 284 cm³/mol. The van der Waals surface area contributed by atoms with Gasteiger partial charge < -0.3 is 26.2 Å². The number of anilines is 6. The average molecular weight is 962 g/mol. The molecule has 0 fully saturated rings. The highest BCUT2D eigenvalue weighted by Crippen LogP contribution is 2.42. The molecular formula is C55H59N15O2. The van der Waals surface area contributed by atoms with Crippen molar-refractivity contribution < 1.29 is 10.2 Å². The molecule has 0 saturated carbocycles. The van der Waals surface area contributed by atoms with E-state index in [1.54, 1.807) is 21.7 Å². The van der Waals surface area contributed by atoms with Crippen molar-refractivity contribution in [2.24, 2.45) is 0 Å². The number of phenols is 2. The molecule has 0 amide bonds. The molecule has 4 heterocycles. The lowest BCUT2D eigenvalue weighted by atomic mass is 9.80. The fourth-order valence-corrected chi connectivity index (χ4v) is 8.70. The van der Waals surface area contributed by atoms with Crippen molar-refractivity contribution in [3.63, 3.8) is 0 Å². The Hall–Kier alpha value is -8.47. The van der Waals surface area contributed by atoms with Crippen LogP contribution in [0.15, 0.2) is 109 Å². The Balaban J connectivity index is 1.10. The van der Waals surface area contributed by atoms with Gasteiger partial charge in [0.25, 0.3) is 0 Å². The molecule has 4 aromatic heterocycles. The van der Waals surface area contributed by atoms with Crippen LogP contribution in [0.2, 0.25) is 0 Å². The first-order chi connectivity index (χ1) is 34.4. The minimum absolute atomic E-state index is 0.0452. The summed E-state index contributed by atoms with van der Waals surface area (Å²) >= 11 is 0. The number of fused-ring (bicyclic) bond motifs is 3. The topological polar surface area (TPSA) is 207 Å². The van der Waals surface area contributed by atoms with Gasteiger partial charge in [0.05, 0.1) is 17.1 Å². The lowest BCUT2D eigenvalue weighted by molar-refractivity contribution is 0.464. The van der Waals surface area contributed by atoms with Gasteiger partial charge in [0.1, 0.15) is 50.3 Å².